The third kappa shape index (κ3) is 52.3. The Labute approximate surface area is 441 Å². The molecule has 0 amide bonds. The van der Waals surface area contributed by atoms with Gasteiger partial charge in [-0.3, -0.25) is 23.4 Å². The molecule has 0 heterocycles. The molecule has 2 N–H and O–H groups in total. The smallest absolute Gasteiger partial charge is 0.462 e. The number of allylic oxidation sites excluding steroid dienone is 8. The van der Waals surface area contributed by atoms with E-state index in [1.807, 2.05) is 0 Å². The van der Waals surface area contributed by atoms with Gasteiger partial charge in [0.2, 0.25) is 0 Å². The van der Waals surface area contributed by atoms with E-state index in [1.54, 1.807) is 0 Å². The van der Waals surface area contributed by atoms with Crippen LogP contribution in [0.15, 0.2) is 48.6 Å². The Bertz CT molecular complexity index is 1400. The van der Waals surface area contributed by atoms with E-state index in [0.717, 1.165) is 103 Å². The number of hydrogen-bond donors (Lipinski definition) is 2. The van der Waals surface area contributed by atoms with Crippen LogP contribution in [0.5, 0.6) is 0 Å². The van der Waals surface area contributed by atoms with Gasteiger partial charge >= 0.3 is 25.7 Å². The van der Waals surface area contributed by atoms with Crippen LogP contribution in [0.25, 0.3) is 0 Å². The number of hydrogen-bond acceptors (Lipinski definition) is 10. The number of phosphoric acid groups is 1. The van der Waals surface area contributed by atoms with E-state index in [-0.39, 0.29) is 25.9 Å². The summed E-state index contributed by atoms with van der Waals surface area (Å²) in [6.07, 6.45) is 57.8. The molecule has 0 aliphatic carbocycles. The van der Waals surface area contributed by atoms with Gasteiger partial charge in [0.1, 0.15) is 12.7 Å². The van der Waals surface area contributed by atoms with Crippen LogP contribution in [0.2, 0.25) is 0 Å². The van der Waals surface area contributed by atoms with Crippen LogP contribution < -0.4 is 0 Å². The molecule has 0 aromatic carbocycles. The molecule has 0 aliphatic heterocycles. The summed E-state index contributed by atoms with van der Waals surface area (Å²) in [6, 6.07) is 0. The minimum atomic E-state index is -4.74. The molecule has 420 valence electrons. The fraction of sp³-hybridized carbons (Fsp3) is 0.817. The normalized spacial score (nSPS) is 13.7. The lowest BCUT2D eigenvalue weighted by Gasteiger charge is -2.21. The molecule has 3 unspecified atom stereocenters. The number of aliphatic hydroxyl groups excluding tert-OH is 1. The monoisotopic (exact) mass is 1040 g/mol. The molecule has 0 radical (unpaired) electrons. The highest BCUT2D eigenvalue weighted by molar-refractivity contribution is 7.47. The summed E-state index contributed by atoms with van der Waals surface area (Å²) in [5.74, 6) is -1.46. The Hall–Kier alpha value is -2.56. The molecule has 0 aliphatic rings. The van der Waals surface area contributed by atoms with Gasteiger partial charge in [-0.15, -0.1) is 0 Å². The molecule has 0 saturated heterocycles. The summed E-state index contributed by atoms with van der Waals surface area (Å²) in [5, 5.41) is 9.80. The zero-order chi connectivity index (χ0) is 52.7. The Morgan fingerprint density at radius 2 is 0.722 bits per heavy atom. The molecular formula is C60H109O11P. The van der Waals surface area contributed by atoms with Crippen LogP contribution in [-0.4, -0.2) is 66.5 Å². The SMILES string of the molecule is CC/C=C\C/C=C\C/C=C\C/C=C\CCCCCCCCC(=O)OC(COC(=O)CCCCCCCCCCCCCCCCC)COP(=O)(O)OCC(CO)OC(=O)CCCCCCCCCCCCC. The number of carbonyl (C=O) groups is 3. The Morgan fingerprint density at radius 3 is 1.11 bits per heavy atom. The number of unbranched alkanes of at least 4 members (excludes halogenated alkanes) is 30. The summed E-state index contributed by atoms with van der Waals surface area (Å²) in [6.45, 7) is 4.54. The van der Waals surface area contributed by atoms with Crippen LogP contribution in [0.1, 0.15) is 278 Å². The molecule has 11 nitrogen and oxygen atoms in total. The van der Waals surface area contributed by atoms with E-state index < -0.39 is 57.8 Å². The van der Waals surface area contributed by atoms with Crippen LogP contribution >= 0.6 is 7.82 Å². The molecule has 0 rings (SSSR count). The van der Waals surface area contributed by atoms with Crippen molar-refractivity contribution in [1.82, 2.24) is 0 Å². The summed E-state index contributed by atoms with van der Waals surface area (Å²) < 4.78 is 39.5. The second-order valence-electron chi connectivity index (χ2n) is 19.8. The van der Waals surface area contributed by atoms with E-state index >= 15 is 0 Å². The topological polar surface area (TPSA) is 155 Å². The first-order valence-electron chi connectivity index (χ1n) is 29.5. The van der Waals surface area contributed by atoms with Gasteiger partial charge < -0.3 is 24.2 Å². The maximum atomic E-state index is 12.9. The third-order valence-electron chi connectivity index (χ3n) is 12.8. The molecule has 0 spiro atoms. The van der Waals surface area contributed by atoms with Crippen molar-refractivity contribution < 1.29 is 52.2 Å². The largest absolute Gasteiger partial charge is 0.472 e. The highest BCUT2D eigenvalue weighted by Crippen LogP contribution is 2.43. The zero-order valence-electron chi connectivity index (χ0n) is 46.4. The number of rotatable bonds is 55. The number of aliphatic hydroxyl groups is 1. The molecule has 72 heavy (non-hydrogen) atoms. The van der Waals surface area contributed by atoms with Crippen molar-refractivity contribution in [2.75, 3.05) is 26.4 Å². The summed E-state index contributed by atoms with van der Waals surface area (Å²) >= 11 is 0. The van der Waals surface area contributed by atoms with E-state index in [2.05, 4.69) is 69.4 Å². The third-order valence-corrected chi connectivity index (χ3v) is 13.7. The molecule has 0 fully saturated rings. The van der Waals surface area contributed by atoms with Gasteiger partial charge in [0.25, 0.3) is 0 Å². The first-order valence-corrected chi connectivity index (χ1v) is 31.0. The van der Waals surface area contributed by atoms with E-state index in [0.29, 0.717) is 19.3 Å². The molecule has 0 bridgehead atoms. The lowest BCUT2D eigenvalue weighted by Crippen LogP contribution is -2.30. The van der Waals surface area contributed by atoms with Gasteiger partial charge in [0.05, 0.1) is 19.8 Å². The summed E-state index contributed by atoms with van der Waals surface area (Å²) in [5.41, 5.74) is 0. The van der Waals surface area contributed by atoms with Crippen molar-refractivity contribution in [2.45, 2.75) is 290 Å². The number of ether oxygens (including phenoxy) is 3. The second-order valence-corrected chi connectivity index (χ2v) is 21.2. The molecule has 0 aromatic heterocycles. The fourth-order valence-electron chi connectivity index (χ4n) is 8.29. The molecule has 0 aromatic rings. The minimum absolute atomic E-state index is 0.154. The Kier molecular flexibility index (Phi) is 52.7. The van der Waals surface area contributed by atoms with Crippen LogP contribution in [-0.2, 0) is 42.2 Å². The Balaban J connectivity index is 4.72. The van der Waals surface area contributed by atoms with Gasteiger partial charge in [-0.2, -0.15) is 0 Å². The van der Waals surface area contributed by atoms with Crippen molar-refractivity contribution >= 4 is 25.7 Å². The van der Waals surface area contributed by atoms with Crippen molar-refractivity contribution in [2.24, 2.45) is 0 Å². The van der Waals surface area contributed by atoms with Crippen molar-refractivity contribution in [3.8, 4) is 0 Å². The Morgan fingerprint density at radius 1 is 0.403 bits per heavy atom. The molecule has 0 saturated carbocycles. The van der Waals surface area contributed by atoms with E-state index in [4.69, 9.17) is 23.3 Å². The van der Waals surface area contributed by atoms with Crippen molar-refractivity contribution in [1.29, 1.82) is 0 Å². The number of esters is 3. The van der Waals surface area contributed by atoms with E-state index in [1.165, 1.54) is 116 Å². The first-order chi connectivity index (χ1) is 35.2. The van der Waals surface area contributed by atoms with Crippen LogP contribution in [0, 0.1) is 0 Å². The lowest BCUT2D eigenvalue weighted by atomic mass is 10.0. The lowest BCUT2D eigenvalue weighted by molar-refractivity contribution is -0.161. The average molecular weight is 1040 g/mol. The fourth-order valence-corrected chi connectivity index (χ4v) is 9.07. The van der Waals surface area contributed by atoms with Crippen molar-refractivity contribution in [3.63, 3.8) is 0 Å². The average Bonchev–Trinajstić information content (AvgIpc) is 3.37. The maximum Gasteiger partial charge on any atom is 0.472 e. The summed E-state index contributed by atoms with van der Waals surface area (Å²) in [4.78, 5) is 48.5. The first kappa shape index (κ1) is 69.4. The number of phosphoric ester groups is 1. The molecule has 12 heteroatoms. The molecule has 3 atom stereocenters. The van der Waals surface area contributed by atoms with Gasteiger partial charge in [-0.25, -0.2) is 4.57 Å². The number of carbonyl (C=O) groups excluding carboxylic acids is 3. The minimum Gasteiger partial charge on any atom is -0.462 e. The molecular weight excluding hydrogens is 928 g/mol. The zero-order valence-corrected chi connectivity index (χ0v) is 47.3. The van der Waals surface area contributed by atoms with Gasteiger partial charge in [-0.1, -0.05) is 249 Å². The van der Waals surface area contributed by atoms with Crippen LogP contribution in [0.4, 0.5) is 0 Å². The predicted molar refractivity (Wildman–Crippen MR) is 298 cm³/mol. The standard InChI is InChI=1S/C60H109O11P/c1-4-7-10-13-16-19-22-24-26-27-28-29-31-33-36-39-42-45-48-51-60(64)71-57(53-67-58(62)49-46-43-40-37-35-32-30-25-23-20-17-14-11-8-5-2)55-69-72(65,66)68-54-56(52-61)70-59(63)50-47-44-41-38-34-21-18-15-12-9-6-3/h7,10,16,19,24,26,28-29,56-57,61H,4-6,8-9,11-15,17-18,20-23,25,27,30-55H2,1-3H3,(H,65,66)/b10-7-,19-16-,26-24-,29-28-. The summed E-state index contributed by atoms with van der Waals surface area (Å²) in [7, 11) is -4.74. The van der Waals surface area contributed by atoms with Gasteiger partial charge in [0, 0.05) is 19.3 Å². The second kappa shape index (κ2) is 54.7. The van der Waals surface area contributed by atoms with Crippen LogP contribution in [0.3, 0.4) is 0 Å². The quantitative estimate of drug-likeness (QED) is 0.0197. The highest BCUT2D eigenvalue weighted by Gasteiger charge is 2.28. The predicted octanol–water partition coefficient (Wildman–Crippen LogP) is 17.4. The van der Waals surface area contributed by atoms with Gasteiger partial charge in [0.15, 0.2) is 6.10 Å². The maximum absolute atomic E-state index is 12.9. The highest BCUT2D eigenvalue weighted by atomic mass is 31.2. The van der Waals surface area contributed by atoms with E-state index in [9.17, 15) is 28.9 Å². The van der Waals surface area contributed by atoms with Gasteiger partial charge in [-0.05, 0) is 57.8 Å². The van der Waals surface area contributed by atoms with Crippen molar-refractivity contribution in [3.05, 3.63) is 48.6 Å².